The van der Waals surface area contributed by atoms with Gasteiger partial charge in [-0.25, -0.2) is 0 Å². The normalized spacial score (nSPS) is 11.8. The molecule has 0 fully saturated rings. The average Bonchev–Trinajstić information content (AvgIpc) is 2.61. The van der Waals surface area contributed by atoms with Crippen LogP contribution in [0, 0.1) is 11.8 Å². The second-order valence-electron chi connectivity index (χ2n) is 6.18. The number of anilines is 1. The molecule has 0 spiro atoms. The van der Waals surface area contributed by atoms with Crippen LogP contribution < -0.4 is 4.90 Å². The molecule has 1 N–H and O–H groups in total. The first kappa shape index (κ1) is 18.1. The first-order chi connectivity index (χ1) is 11.6. The van der Waals surface area contributed by atoms with Gasteiger partial charge in [0.05, 0.1) is 0 Å². The van der Waals surface area contributed by atoms with Crippen molar-refractivity contribution in [3.63, 3.8) is 0 Å². The number of aliphatic hydroxyl groups excluding tert-OH is 1. The van der Waals surface area contributed by atoms with Crippen LogP contribution in [-0.2, 0) is 0 Å². The average molecular weight is 321 g/mol. The van der Waals surface area contributed by atoms with Gasteiger partial charge in [0, 0.05) is 24.3 Å². The summed E-state index contributed by atoms with van der Waals surface area (Å²) >= 11 is 0. The van der Waals surface area contributed by atoms with Crippen molar-refractivity contribution in [3.8, 4) is 11.8 Å². The van der Waals surface area contributed by atoms with Crippen molar-refractivity contribution in [1.82, 2.24) is 0 Å². The second-order valence-corrected chi connectivity index (χ2v) is 6.18. The fraction of sp³-hybridized carbons (Fsp3) is 0.364. The summed E-state index contributed by atoms with van der Waals surface area (Å²) in [5, 5.41) is 10.4. The lowest BCUT2D eigenvalue weighted by atomic mass is 9.96. The number of hydrogen-bond acceptors (Lipinski definition) is 2. The van der Waals surface area contributed by atoms with Gasteiger partial charge in [0.2, 0.25) is 0 Å². The maximum Gasteiger partial charge on any atom is 0.140 e. The highest BCUT2D eigenvalue weighted by molar-refractivity contribution is 5.57. The summed E-state index contributed by atoms with van der Waals surface area (Å²) in [7, 11) is 0. The first-order valence-corrected chi connectivity index (χ1v) is 8.70. The quantitative estimate of drug-likeness (QED) is 0.804. The molecule has 0 aliphatic rings. The maximum atomic E-state index is 10.4. The van der Waals surface area contributed by atoms with Gasteiger partial charge in [-0.3, -0.25) is 0 Å². The Labute approximate surface area is 146 Å². The third kappa shape index (κ3) is 4.40. The van der Waals surface area contributed by atoms with Crippen LogP contribution >= 0.6 is 0 Å². The molecule has 1 unspecified atom stereocenters. The van der Waals surface area contributed by atoms with Gasteiger partial charge in [-0.2, -0.15) is 0 Å². The lowest BCUT2D eigenvalue weighted by molar-refractivity contribution is 0.238. The van der Waals surface area contributed by atoms with Crippen LogP contribution in [0.15, 0.2) is 48.5 Å². The minimum Gasteiger partial charge on any atom is -0.376 e. The van der Waals surface area contributed by atoms with Crippen LogP contribution in [0.1, 0.15) is 56.4 Å². The van der Waals surface area contributed by atoms with E-state index in [-0.39, 0.29) is 0 Å². The third-order valence-electron chi connectivity index (χ3n) is 4.22. The molecule has 0 aromatic heterocycles. The zero-order valence-corrected chi connectivity index (χ0v) is 15.1. The molecule has 2 aromatic carbocycles. The summed E-state index contributed by atoms with van der Waals surface area (Å²) < 4.78 is 0. The van der Waals surface area contributed by atoms with Gasteiger partial charge in [0.15, 0.2) is 0 Å². The predicted octanol–water partition coefficient (Wildman–Crippen LogP) is 4.74. The van der Waals surface area contributed by atoms with Gasteiger partial charge in [0.1, 0.15) is 6.10 Å². The Kier molecular flexibility index (Phi) is 6.46. The molecule has 1 atom stereocenters. The van der Waals surface area contributed by atoms with Crippen LogP contribution in [0.3, 0.4) is 0 Å². The molecule has 0 heterocycles. The van der Waals surface area contributed by atoms with E-state index in [0.717, 1.165) is 24.2 Å². The first-order valence-electron chi connectivity index (χ1n) is 8.70. The monoisotopic (exact) mass is 321 g/mol. The number of rotatable bonds is 5. The van der Waals surface area contributed by atoms with E-state index >= 15 is 0 Å². The van der Waals surface area contributed by atoms with E-state index in [2.05, 4.69) is 56.6 Å². The molecule has 2 heteroatoms. The van der Waals surface area contributed by atoms with Crippen molar-refractivity contribution < 1.29 is 5.11 Å². The Bertz CT molecular complexity index is 706. The predicted molar refractivity (Wildman–Crippen MR) is 102 cm³/mol. The zero-order valence-electron chi connectivity index (χ0n) is 15.1. The van der Waals surface area contributed by atoms with Gasteiger partial charge < -0.3 is 10.0 Å². The number of nitrogens with zero attached hydrogens (tertiary/aromatic N) is 1. The van der Waals surface area contributed by atoms with E-state index in [1.165, 1.54) is 11.3 Å². The van der Waals surface area contributed by atoms with Crippen LogP contribution in [-0.4, -0.2) is 18.2 Å². The van der Waals surface area contributed by atoms with Crippen molar-refractivity contribution >= 4 is 5.69 Å². The summed E-state index contributed by atoms with van der Waals surface area (Å²) in [5.41, 5.74) is 4.29. The zero-order chi connectivity index (χ0) is 17.5. The molecule has 126 valence electrons. The molecular formula is C22H27NO. The van der Waals surface area contributed by atoms with Crippen LogP contribution in [0.5, 0.6) is 0 Å². The van der Waals surface area contributed by atoms with Gasteiger partial charge in [-0.1, -0.05) is 50.0 Å². The molecule has 2 nitrogen and oxygen atoms in total. The second kappa shape index (κ2) is 8.57. The highest BCUT2D eigenvalue weighted by Gasteiger charge is 2.14. The highest BCUT2D eigenvalue weighted by Crippen LogP contribution is 2.30. The fourth-order valence-electron chi connectivity index (χ4n) is 2.81. The fourth-order valence-corrected chi connectivity index (χ4v) is 2.81. The third-order valence-corrected chi connectivity index (χ3v) is 4.22. The minimum atomic E-state index is -0.770. The number of aliphatic hydroxyl groups is 1. The van der Waals surface area contributed by atoms with Gasteiger partial charge in [-0.15, -0.1) is 0 Å². The largest absolute Gasteiger partial charge is 0.376 e. The summed E-state index contributed by atoms with van der Waals surface area (Å²) in [6, 6.07) is 16.0. The molecule has 0 aliphatic heterocycles. The van der Waals surface area contributed by atoms with E-state index in [0.29, 0.717) is 5.92 Å². The van der Waals surface area contributed by atoms with E-state index in [4.69, 9.17) is 0 Å². The summed E-state index contributed by atoms with van der Waals surface area (Å²) in [5.74, 6) is 6.39. The molecule has 0 radical (unpaired) electrons. The van der Waals surface area contributed by atoms with Crippen molar-refractivity contribution in [2.75, 3.05) is 18.0 Å². The van der Waals surface area contributed by atoms with Crippen molar-refractivity contribution in [3.05, 3.63) is 65.2 Å². The van der Waals surface area contributed by atoms with Gasteiger partial charge in [-0.05, 0) is 55.2 Å². The lowest BCUT2D eigenvalue weighted by Crippen LogP contribution is -2.23. The van der Waals surface area contributed by atoms with E-state index in [1.54, 1.807) is 0 Å². The Morgan fingerprint density at radius 2 is 1.67 bits per heavy atom. The Balaban J connectivity index is 2.31. The van der Waals surface area contributed by atoms with Crippen molar-refractivity contribution in [2.45, 2.75) is 39.7 Å². The molecule has 0 saturated carbocycles. The molecule has 0 saturated heterocycles. The molecule has 24 heavy (non-hydrogen) atoms. The molecule has 2 aromatic rings. The van der Waals surface area contributed by atoms with Crippen LogP contribution in [0.2, 0.25) is 0 Å². The summed E-state index contributed by atoms with van der Waals surface area (Å²) in [6.45, 7) is 10.7. The smallest absolute Gasteiger partial charge is 0.140 e. The van der Waals surface area contributed by atoms with E-state index in [9.17, 15) is 5.11 Å². The van der Waals surface area contributed by atoms with Crippen molar-refractivity contribution in [1.29, 1.82) is 0 Å². The summed E-state index contributed by atoms with van der Waals surface area (Å²) in [6.07, 6.45) is -0.770. The Hall–Kier alpha value is -2.24. The minimum absolute atomic E-state index is 0.398. The van der Waals surface area contributed by atoms with Gasteiger partial charge >= 0.3 is 0 Å². The van der Waals surface area contributed by atoms with E-state index in [1.807, 2.05) is 36.4 Å². The van der Waals surface area contributed by atoms with E-state index < -0.39 is 6.10 Å². The number of hydrogen-bond donors (Lipinski definition) is 1. The van der Waals surface area contributed by atoms with Crippen molar-refractivity contribution in [2.24, 2.45) is 0 Å². The molecule has 2 rings (SSSR count). The SMILES string of the molecule is CCN(CC)c1ccc(C(O)C#Cc2ccccc2)cc1C(C)C. The highest BCUT2D eigenvalue weighted by atomic mass is 16.3. The topological polar surface area (TPSA) is 23.5 Å². The summed E-state index contributed by atoms with van der Waals surface area (Å²) in [4.78, 5) is 2.35. The van der Waals surface area contributed by atoms with Gasteiger partial charge in [0.25, 0.3) is 0 Å². The lowest BCUT2D eigenvalue weighted by Gasteiger charge is -2.26. The molecule has 0 bridgehead atoms. The number of benzene rings is 2. The van der Waals surface area contributed by atoms with Crippen LogP contribution in [0.4, 0.5) is 5.69 Å². The molecule has 0 aliphatic carbocycles. The standard InChI is InChI=1S/C22H27NO/c1-5-23(6-2)21-14-13-19(16-20(21)17(3)4)22(24)15-12-18-10-8-7-9-11-18/h7-11,13-14,16-17,22,24H,5-6H2,1-4H3. The molecular weight excluding hydrogens is 294 g/mol. The Morgan fingerprint density at radius 1 is 1.00 bits per heavy atom. The molecule has 0 amide bonds. The van der Waals surface area contributed by atoms with Crippen LogP contribution in [0.25, 0.3) is 0 Å². The Morgan fingerprint density at radius 3 is 2.25 bits per heavy atom. The maximum absolute atomic E-state index is 10.4.